The van der Waals surface area contributed by atoms with Gasteiger partial charge in [-0.2, -0.15) is 11.3 Å². The molecule has 2 aromatic rings. The summed E-state index contributed by atoms with van der Waals surface area (Å²) in [5.74, 6) is 0.832. The maximum absolute atomic E-state index is 4.09. The highest BCUT2D eigenvalue weighted by atomic mass is 79.9. The number of aromatic nitrogens is 2. The highest BCUT2D eigenvalue weighted by Crippen LogP contribution is 2.12. The molecular formula is C9H8BrN3S. The first kappa shape index (κ1) is 9.61. The Hall–Kier alpha value is -0.940. The van der Waals surface area contributed by atoms with E-state index in [9.17, 15) is 0 Å². The van der Waals surface area contributed by atoms with Gasteiger partial charge >= 0.3 is 0 Å². The summed E-state index contributed by atoms with van der Waals surface area (Å²) >= 11 is 4.99. The van der Waals surface area contributed by atoms with E-state index >= 15 is 0 Å². The van der Waals surface area contributed by atoms with Crippen molar-refractivity contribution in [1.29, 1.82) is 0 Å². The largest absolute Gasteiger partial charge is 0.366 e. The molecule has 0 aliphatic carbocycles. The Morgan fingerprint density at radius 1 is 1.43 bits per heavy atom. The number of nitrogens with zero attached hydrogens (tertiary/aromatic N) is 2. The van der Waals surface area contributed by atoms with Crippen molar-refractivity contribution in [3.63, 3.8) is 0 Å². The fourth-order valence-corrected chi connectivity index (χ4v) is 1.99. The average Bonchev–Trinajstić information content (AvgIpc) is 2.67. The Kier molecular flexibility index (Phi) is 3.10. The van der Waals surface area contributed by atoms with Crippen molar-refractivity contribution < 1.29 is 0 Å². The minimum atomic E-state index is 0.792. The molecule has 0 aromatic carbocycles. The lowest BCUT2D eigenvalue weighted by Crippen LogP contribution is -2.00. The third-order valence-corrected chi connectivity index (χ3v) is 2.85. The van der Waals surface area contributed by atoms with Crippen molar-refractivity contribution in [3.05, 3.63) is 39.4 Å². The molecule has 5 heteroatoms. The minimum absolute atomic E-state index is 0.792. The lowest BCUT2D eigenvalue weighted by atomic mass is 10.3. The topological polar surface area (TPSA) is 37.8 Å². The van der Waals surface area contributed by atoms with Crippen LogP contribution >= 0.6 is 27.3 Å². The van der Waals surface area contributed by atoms with Crippen molar-refractivity contribution in [3.8, 4) is 0 Å². The Bertz CT molecular complexity index is 402. The van der Waals surface area contributed by atoms with E-state index in [-0.39, 0.29) is 0 Å². The smallest absolute Gasteiger partial charge is 0.130 e. The summed E-state index contributed by atoms with van der Waals surface area (Å²) in [5.41, 5.74) is 1.27. The Morgan fingerprint density at radius 3 is 3.07 bits per heavy atom. The van der Waals surface area contributed by atoms with Gasteiger partial charge in [-0.15, -0.1) is 0 Å². The molecule has 0 atom stereocenters. The van der Waals surface area contributed by atoms with Crippen LogP contribution in [0.5, 0.6) is 0 Å². The van der Waals surface area contributed by atoms with Gasteiger partial charge in [-0.05, 0) is 38.3 Å². The van der Waals surface area contributed by atoms with E-state index in [4.69, 9.17) is 0 Å². The van der Waals surface area contributed by atoms with Crippen LogP contribution in [0.15, 0.2) is 33.8 Å². The van der Waals surface area contributed by atoms with Crippen LogP contribution in [0.3, 0.4) is 0 Å². The number of hydrogen-bond donors (Lipinski definition) is 1. The number of rotatable bonds is 3. The standard InChI is InChI=1S/C9H8BrN3S/c10-8-3-9(13-6-12-8)11-4-7-1-2-14-5-7/h1-3,5-6H,4H2,(H,11,12,13). The van der Waals surface area contributed by atoms with Gasteiger partial charge in [0.05, 0.1) is 0 Å². The number of hydrogen-bond acceptors (Lipinski definition) is 4. The second kappa shape index (κ2) is 4.52. The zero-order valence-electron chi connectivity index (χ0n) is 7.27. The molecule has 0 bridgehead atoms. The van der Waals surface area contributed by atoms with E-state index in [1.165, 1.54) is 11.9 Å². The third kappa shape index (κ3) is 2.52. The Balaban J connectivity index is 1.98. The molecule has 0 saturated carbocycles. The van der Waals surface area contributed by atoms with Gasteiger partial charge in [0.25, 0.3) is 0 Å². The molecule has 0 aliphatic rings. The van der Waals surface area contributed by atoms with Crippen LogP contribution in [0.1, 0.15) is 5.56 Å². The van der Waals surface area contributed by atoms with E-state index in [2.05, 4.69) is 48.0 Å². The molecular weight excluding hydrogens is 262 g/mol. The fraction of sp³-hybridized carbons (Fsp3) is 0.111. The fourth-order valence-electron chi connectivity index (χ4n) is 1.02. The highest BCUT2D eigenvalue weighted by Gasteiger charge is 1.96. The lowest BCUT2D eigenvalue weighted by Gasteiger charge is -2.02. The van der Waals surface area contributed by atoms with Crippen molar-refractivity contribution in [2.75, 3.05) is 5.32 Å². The van der Waals surface area contributed by atoms with Gasteiger partial charge in [0.2, 0.25) is 0 Å². The predicted molar refractivity (Wildman–Crippen MR) is 61.4 cm³/mol. The Labute approximate surface area is 94.4 Å². The van der Waals surface area contributed by atoms with Gasteiger partial charge < -0.3 is 5.32 Å². The molecule has 0 unspecified atom stereocenters. The molecule has 0 fully saturated rings. The van der Waals surface area contributed by atoms with Crippen LogP contribution in [-0.4, -0.2) is 9.97 Å². The van der Waals surface area contributed by atoms with Gasteiger partial charge in [0.1, 0.15) is 16.7 Å². The van der Waals surface area contributed by atoms with Gasteiger partial charge in [0, 0.05) is 12.6 Å². The predicted octanol–water partition coefficient (Wildman–Crippen LogP) is 2.91. The zero-order chi connectivity index (χ0) is 9.80. The first-order valence-corrected chi connectivity index (χ1v) is 5.80. The molecule has 72 valence electrons. The van der Waals surface area contributed by atoms with Gasteiger partial charge in [0.15, 0.2) is 0 Å². The quantitative estimate of drug-likeness (QED) is 0.871. The molecule has 14 heavy (non-hydrogen) atoms. The van der Waals surface area contributed by atoms with Crippen molar-refractivity contribution in [2.24, 2.45) is 0 Å². The molecule has 0 radical (unpaired) electrons. The maximum atomic E-state index is 4.09. The first-order chi connectivity index (χ1) is 6.84. The van der Waals surface area contributed by atoms with Gasteiger partial charge in [-0.1, -0.05) is 0 Å². The van der Waals surface area contributed by atoms with Gasteiger partial charge in [-0.25, -0.2) is 9.97 Å². The van der Waals surface area contributed by atoms with Crippen molar-refractivity contribution >= 4 is 33.1 Å². The highest BCUT2D eigenvalue weighted by molar-refractivity contribution is 9.10. The van der Waals surface area contributed by atoms with Crippen LogP contribution in [0.4, 0.5) is 5.82 Å². The third-order valence-electron chi connectivity index (χ3n) is 1.69. The van der Waals surface area contributed by atoms with Crippen LogP contribution in [0.2, 0.25) is 0 Å². The minimum Gasteiger partial charge on any atom is -0.366 e. The van der Waals surface area contributed by atoms with Gasteiger partial charge in [-0.3, -0.25) is 0 Å². The van der Waals surface area contributed by atoms with Crippen molar-refractivity contribution in [2.45, 2.75) is 6.54 Å². The maximum Gasteiger partial charge on any atom is 0.130 e. The number of anilines is 1. The monoisotopic (exact) mass is 269 g/mol. The second-order valence-electron chi connectivity index (χ2n) is 2.71. The average molecular weight is 270 g/mol. The molecule has 0 spiro atoms. The van der Waals surface area contributed by atoms with Crippen LogP contribution in [-0.2, 0) is 6.54 Å². The summed E-state index contributed by atoms with van der Waals surface area (Å²) in [6.07, 6.45) is 1.53. The zero-order valence-corrected chi connectivity index (χ0v) is 9.68. The molecule has 0 saturated heterocycles. The van der Waals surface area contributed by atoms with Crippen LogP contribution in [0.25, 0.3) is 0 Å². The summed E-state index contributed by atoms with van der Waals surface area (Å²) < 4.78 is 0.792. The molecule has 0 aliphatic heterocycles. The van der Waals surface area contributed by atoms with Crippen LogP contribution < -0.4 is 5.32 Å². The molecule has 3 nitrogen and oxygen atoms in total. The van der Waals surface area contributed by atoms with Crippen molar-refractivity contribution in [1.82, 2.24) is 9.97 Å². The van der Waals surface area contributed by atoms with E-state index < -0.39 is 0 Å². The second-order valence-corrected chi connectivity index (χ2v) is 4.30. The summed E-state index contributed by atoms with van der Waals surface area (Å²) in [7, 11) is 0. The number of nitrogens with one attached hydrogen (secondary N) is 1. The SMILES string of the molecule is Brc1cc(NCc2ccsc2)ncn1. The molecule has 2 aromatic heterocycles. The normalized spacial score (nSPS) is 10.1. The molecule has 1 N–H and O–H groups in total. The van der Waals surface area contributed by atoms with E-state index in [0.717, 1.165) is 17.0 Å². The van der Waals surface area contributed by atoms with Crippen LogP contribution in [0, 0.1) is 0 Å². The number of thiophene rings is 1. The molecule has 0 amide bonds. The summed E-state index contributed by atoms with van der Waals surface area (Å²) in [6.45, 7) is 0.799. The summed E-state index contributed by atoms with van der Waals surface area (Å²) in [4.78, 5) is 8.04. The summed E-state index contributed by atoms with van der Waals surface area (Å²) in [5, 5.41) is 7.39. The first-order valence-electron chi connectivity index (χ1n) is 4.07. The lowest BCUT2D eigenvalue weighted by molar-refractivity contribution is 1.07. The van der Waals surface area contributed by atoms with E-state index in [0.29, 0.717) is 0 Å². The number of halogens is 1. The summed E-state index contributed by atoms with van der Waals surface area (Å²) in [6, 6.07) is 3.94. The molecule has 2 heterocycles. The van der Waals surface area contributed by atoms with E-state index in [1.807, 2.05) is 6.07 Å². The Morgan fingerprint density at radius 2 is 2.36 bits per heavy atom. The van der Waals surface area contributed by atoms with E-state index in [1.54, 1.807) is 11.3 Å². The molecule has 2 rings (SSSR count).